The maximum Gasteiger partial charge on any atom is 0.147 e. The van der Waals surface area contributed by atoms with Crippen molar-refractivity contribution in [2.24, 2.45) is 5.73 Å². The first kappa shape index (κ1) is 14.6. The fourth-order valence-electron chi connectivity index (χ4n) is 2.24. The maximum atomic E-state index is 6.07. The molecule has 2 N–H and O–H groups in total. The van der Waals surface area contributed by atoms with Gasteiger partial charge >= 0.3 is 0 Å². The van der Waals surface area contributed by atoms with Crippen molar-refractivity contribution in [2.45, 2.75) is 38.8 Å². The Kier molecular flexibility index (Phi) is 5.63. The van der Waals surface area contributed by atoms with E-state index < -0.39 is 0 Å². The molecule has 1 atom stereocenters. The summed E-state index contributed by atoms with van der Waals surface area (Å²) < 4.78 is 5.92. The number of hydrogen-bond donors (Lipinski definition) is 1. The molecule has 0 aliphatic rings. The van der Waals surface area contributed by atoms with E-state index in [1.807, 2.05) is 36.4 Å². The molecule has 2 heteroatoms. The molecule has 0 aliphatic heterocycles. The van der Waals surface area contributed by atoms with E-state index >= 15 is 0 Å². The van der Waals surface area contributed by atoms with Crippen LogP contribution in [-0.4, -0.2) is 6.23 Å². The molecule has 0 aliphatic carbocycles. The van der Waals surface area contributed by atoms with E-state index in [2.05, 4.69) is 25.1 Å². The zero-order chi connectivity index (χ0) is 14.2. The van der Waals surface area contributed by atoms with E-state index in [1.165, 1.54) is 12.8 Å². The van der Waals surface area contributed by atoms with Crippen LogP contribution in [0.2, 0.25) is 0 Å². The lowest BCUT2D eigenvalue weighted by Gasteiger charge is -2.17. The van der Waals surface area contributed by atoms with Crippen LogP contribution in [0.3, 0.4) is 0 Å². The molecule has 2 aromatic carbocycles. The second-order valence-electron chi connectivity index (χ2n) is 5.01. The van der Waals surface area contributed by atoms with Gasteiger partial charge in [-0.05, 0) is 24.5 Å². The van der Waals surface area contributed by atoms with E-state index in [0.29, 0.717) is 0 Å². The Bertz CT molecular complexity index is 510. The number of nitrogens with two attached hydrogens (primary N) is 1. The monoisotopic (exact) mass is 269 g/mol. The summed E-state index contributed by atoms with van der Waals surface area (Å²) in [5.41, 5.74) is 8.32. The van der Waals surface area contributed by atoms with E-state index in [-0.39, 0.29) is 6.23 Å². The molecule has 2 aromatic rings. The Labute approximate surface area is 121 Å². The van der Waals surface area contributed by atoms with Crippen LogP contribution in [0.15, 0.2) is 54.6 Å². The molecule has 0 fully saturated rings. The number of hydrogen-bond acceptors (Lipinski definition) is 2. The number of benzene rings is 2. The van der Waals surface area contributed by atoms with Crippen LogP contribution in [0.5, 0.6) is 5.75 Å². The van der Waals surface area contributed by atoms with Crippen LogP contribution in [0, 0.1) is 0 Å². The van der Waals surface area contributed by atoms with Gasteiger partial charge in [0.05, 0.1) is 0 Å². The minimum absolute atomic E-state index is 0.230. The average molecular weight is 269 g/mol. The van der Waals surface area contributed by atoms with Crippen LogP contribution in [-0.2, 0) is 0 Å². The van der Waals surface area contributed by atoms with Gasteiger partial charge in [0.25, 0.3) is 0 Å². The van der Waals surface area contributed by atoms with E-state index in [4.69, 9.17) is 10.5 Å². The lowest BCUT2D eigenvalue weighted by Crippen LogP contribution is -2.27. The predicted octanol–water partition coefficient (Wildman–Crippen LogP) is 4.60. The number of para-hydroxylation sites is 1. The van der Waals surface area contributed by atoms with Crippen molar-refractivity contribution in [2.75, 3.05) is 0 Å². The van der Waals surface area contributed by atoms with E-state index in [0.717, 1.165) is 29.7 Å². The third-order valence-electron chi connectivity index (χ3n) is 3.34. The molecule has 0 saturated heterocycles. The summed E-state index contributed by atoms with van der Waals surface area (Å²) >= 11 is 0. The number of unbranched alkanes of at least 4 members (excludes halogenated alkanes) is 2. The van der Waals surface area contributed by atoms with Gasteiger partial charge in [-0.3, -0.25) is 5.73 Å². The van der Waals surface area contributed by atoms with Gasteiger partial charge < -0.3 is 4.74 Å². The Morgan fingerprint density at radius 3 is 2.40 bits per heavy atom. The molecular weight excluding hydrogens is 246 g/mol. The second kappa shape index (κ2) is 7.71. The predicted molar refractivity (Wildman–Crippen MR) is 84.6 cm³/mol. The number of ether oxygens (including phenoxy) is 1. The highest BCUT2D eigenvalue weighted by Crippen LogP contribution is 2.30. The molecule has 1 unspecified atom stereocenters. The van der Waals surface area contributed by atoms with Gasteiger partial charge in [0.1, 0.15) is 12.0 Å². The molecule has 0 heterocycles. The van der Waals surface area contributed by atoms with Crippen molar-refractivity contribution in [1.29, 1.82) is 0 Å². The van der Waals surface area contributed by atoms with Crippen molar-refractivity contribution in [3.63, 3.8) is 0 Å². The minimum atomic E-state index is -0.230. The molecule has 2 nitrogen and oxygen atoms in total. The molecule has 0 saturated carbocycles. The first-order valence-corrected chi connectivity index (χ1v) is 7.38. The Hall–Kier alpha value is -1.80. The van der Waals surface area contributed by atoms with Crippen LogP contribution < -0.4 is 10.5 Å². The molecule has 0 aromatic heterocycles. The summed E-state index contributed by atoms with van der Waals surface area (Å²) in [4.78, 5) is 0. The number of rotatable bonds is 7. The van der Waals surface area contributed by atoms with E-state index in [9.17, 15) is 0 Å². The average Bonchev–Trinajstić information content (AvgIpc) is 2.49. The molecule has 0 amide bonds. The highest BCUT2D eigenvalue weighted by atomic mass is 16.5. The maximum absolute atomic E-state index is 6.07. The lowest BCUT2D eigenvalue weighted by molar-refractivity contribution is 0.195. The highest BCUT2D eigenvalue weighted by molar-refractivity contribution is 5.70. The zero-order valence-electron chi connectivity index (χ0n) is 12.1. The topological polar surface area (TPSA) is 35.2 Å². The molecule has 2 rings (SSSR count). The summed E-state index contributed by atoms with van der Waals surface area (Å²) in [6.07, 6.45) is 4.19. The lowest BCUT2D eigenvalue weighted by atomic mass is 10.0. The van der Waals surface area contributed by atoms with Gasteiger partial charge in [-0.25, -0.2) is 0 Å². The molecular formula is C18H23NO. The molecule has 20 heavy (non-hydrogen) atoms. The van der Waals surface area contributed by atoms with Crippen molar-refractivity contribution >= 4 is 0 Å². The van der Waals surface area contributed by atoms with Gasteiger partial charge in [0.15, 0.2) is 0 Å². The first-order valence-electron chi connectivity index (χ1n) is 7.38. The van der Waals surface area contributed by atoms with Crippen LogP contribution in [0.25, 0.3) is 11.1 Å². The largest absolute Gasteiger partial charge is 0.475 e. The van der Waals surface area contributed by atoms with Gasteiger partial charge in [-0.15, -0.1) is 0 Å². The smallest absolute Gasteiger partial charge is 0.147 e. The van der Waals surface area contributed by atoms with Gasteiger partial charge in [-0.2, -0.15) is 0 Å². The Balaban J connectivity index is 2.09. The fraction of sp³-hybridized carbons (Fsp3) is 0.333. The third-order valence-corrected chi connectivity index (χ3v) is 3.34. The SMILES string of the molecule is CCCCCC(N)Oc1ccccc1-c1ccccc1. The Morgan fingerprint density at radius 1 is 0.950 bits per heavy atom. The molecule has 106 valence electrons. The summed E-state index contributed by atoms with van der Waals surface area (Å²) in [6, 6.07) is 18.3. The fourth-order valence-corrected chi connectivity index (χ4v) is 2.24. The standard InChI is InChI=1S/C18H23NO/c1-2-3-5-14-18(19)20-17-13-9-8-12-16(17)15-10-6-4-7-11-15/h4,6-13,18H,2-3,5,14,19H2,1H3. The summed E-state index contributed by atoms with van der Waals surface area (Å²) in [7, 11) is 0. The van der Waals surface area contributed by atoms with Crippen LogP contribution in [0.4, 0.5) is 0 Å². The molecule has 0 spiro atoms. The Morgan fingerprint density at radius 2 is 1.65 bits per heavy atom. The van der Waals surface area contributed by atoms with Crippen molar-refractivity contribution < 1.29 is 4.74 Å². The summed E-state index contributed by atoms with van der Waals surface area (Å²) in [5, 5.41) is 0. The van der Waals surface area contributed by atoms with Crippen molar-refractivity contribution in [1.82, 2.24) is 0 Å². The summed E-state index contributed by atoms with van der Waals surface area (Å²) in [6.45, 7) is 2.19. The second-order valence-corrected chi connectivity index (χ2v) is 5.01. The zero-order valence-corrected chi connectivity index (χ0v) is 12.1. The third kappa shape index (κ3) is 4.10. The normalized spacial score (nSPS) is 12.1. The minimum Gasteiger partial charge on any atom is -0.475 e. The van der Waals surface area contributed by atoms with Gasteiger partial charge in [0, 0.05) is 5.56 Å². The summed E-state index contributed by atoms with van der Waals surface area (Å²) in [5.74, 6) is 0.864. The van der Waals surface area contributed by atoms with E-state index in [1.54, 1.807) is 0 Å². The van der Waals surface area contributed by atoms with Crippen LogP contribution >= 0.6 is 0 Å². The van der Waals surface area contributed by atoms with Crippen LogP contribution in [0.1, 0.15) is 32.6 Å². The molecule has 0 bridgehead atoms. The van der Waals surface area contributed by atoms with Crippen molar-refractivity contribution in [3.05, 3.63) is 54.6 Å². The van der Waals surface area contributed by atoms with Crippen molar-refractivity contribution in [3.8, 4) is 16.9 Å². The highest BCUT2D eigenvalue weighted by Gasteiger charge is 2.09. The van der Waals surface area contributed by atoms with Gasteiger partial charge in [0.2, 0.25) is 0 Å². The molecule has 0 radical (unpaired) electrons. The quantitative estimate of drug-likeness (QED) is 0.589. The van der Waals surface area contributed by atoms with Gasteiger partial charge in [-0.1, -0.05) is 68.3 Å². The first-order chi connectivity index (χ1) is 9.81.